The van der Waals surface area contributed by atoms with Crippen LogP contribution in [-0.2, 0) is 0 Å². The van der Waals surface area contributed by atoms with Crippen LogP contribution in [0.25, 0.3) is 0 Å². The van der Waals surface area contributed by atoms with E-state index in [4.69, 9.17) is 5.73 Å². The quantitative estimate of drug-likeness (QED) is 0.751. The lowest BCUT2D eigenvalue weighted by molar-refractivity contribution is 0.104. The zero-order chi connectivity index (χ0) is 9.97. The van der Waals surface area contributed by atoms with Crippen molar-refractivity contribution < 1.29 is 4.79 Å². The van der Waals surface area contributed by atoms with E-state index in [1.165, 1.54) is 23.7 Å². The number of rotatable bonds is 2. The Morgan fingerprint density at radius 1 is 1.36 bits per heavy atom. The monoisotopic (exact) mass is 205 g/mol. The smallest absolute Gasteiger partial charge is 0.208 e. The fraction of sp³-hybridized carbons (Fsp3) is 0. The van der Waals surface area contributed by atoms with Gasteiger partial charge in [-0.25, -0.2) is 0 Å². The van der Waals surface area contributed by atoms with Crippen molar-refractivity contribution in [2.45, 2.75) is 0 Å². The van der Waals surface area contributed by atoms with Gasteiger partial charge in [-0.15, -0.1) is 11.3 Å². The zero-order valence-corrected chi connectivity index (χ0v) is 7.99. The Hall–Kier alpha value is -1.75. The van der Waals surface area contributed by atoms with E-state index >= 15 is 0 Å². The van der Waals surface area contributed by atoms with Gasteiger partial charge in [0.25, 0.3) is 0 Å². The number of aromatic nitrogens is 2. The van der Waals surface area contributed by atoms with Gasteiger partial charge < -0.3 is 5.73 Å². The SMILES string of the molecule is Nc1ccncc1C(=O)c1cncs1. The van der Waals surface area contributed by atoms with E-state index in [2.05, 4.69) is 9.97 Å². The molecular formula is C9H7N3OS. The van der Waals surface area contributed by atoms with E-state index < -0.39 is 0 Å². The normalized spacial score (nSPS) is 10.0. The van der Waals surface area contributed by atoms with Gasteiger partial charge in [-0.2, -0.15) is 0 Å². The van der Waals surface area contributed by atoms with Crippen molar-refractivity contribution in [1.29, 1.82) is 0 Å². The van der Waals surface area contributed by atoms with Gasteiger partial charge in [-0.3, -0.25) is 14.8 Å². The number of pyridine rings is 1. The summed E-state index contributed by atoms with van der Waals surface area (Å²) in [5, 5.41) is 0. The molecule has 0 aromatic carbocycles. The Labute approximate surface area is 84.4 Å². The maximum atomic E-state index is 11.8. The average Bonchev–Trinajstić information content (AvgIpc) is 2.70. The first kappa shape index (κ1) is 8.83. The van der Waals surface area contributed by atoms with E-state index in [-0.39, 0.29) is 5.78 Å². The molecule has 0 amide bonds. The van der Waals surface area contributed by atoms with Crippen LogP contribution in [0.2, 0.25) is 0 Å². The van der Waals surface area contributed by atoms with Crippen LogP contribution in [0, 0.1) is 0 Å². The molecule has 0 aliphatic carbocycles. The maximum absolute atomic E-state index is 11.8. The summed E-state index contributed by atoms with van der Waals surface area (Å²) in [4.78, 5) is 20.0. The molecule has 0 saturated carbocycles. The van der Waals surface area contributed by atoms with E-state index in [9.17, 15) is 4.79 Å². The van der Waals surface area contributed by atoms with Gasteiger partial charge >= 0.3 is 0 Å². The summed E-state index contributed by atoms with van der Waals surface area (Å²) in [6.07, 6.45) is 4.55. The van der Waals surface area contributed by atoms with Crippen LogP contribution in [0.4, 0.5) is 5.69 Å². The van der Waals surface area contributed by atoms with Crippen LogP contribution in [0.15, 0.2) is 30.2 Å². The highest BCUT2D eigenvalue weighted by Gasteiger charge is 2.13. The lowest BCUT2D eigenvalue weighted by Gasteiger charge is -2.00. The van der Waals surface area contributed by atoms with Crippen LogP contribution < -0.4 is 5.73 Å². The van der Waals surface area contributed by atoms with E-state index in [0.29, 0.717) is 16.1 Å². The van der Waals surface area contributed by atoms with Crippen molar-refractivity contribution in [2.24, 2.45) is 0 Å². The van der Waals surface area contributed by atoms with Gasteiger partial charge in [0.15, 0.2) is 0 Å². The third kappa shape index (κ3) is 1.49. The largest absolute Gasteiger partial charge is 0.398 e. The van der Waals surface area contributed by atoms with Crippen molar-refractivity contribution >= 4 is 22.8 Å². The number of hydrogen-bond donors (Lipinski definition) is 1. The molecule has 2 heterocycles. The molecule has 0 aliphatic rings. The van der Waals surface area contributed by atoms with Gasteiger partial charge in [-0.05, 0) is 6.07 Å². The summed E-state index contributed by atoms with van der Waals surface area (Å²) in [6.45, 7) is 0. The molecular weight excluding hydrogens is 198 g/mol. The molecule has 0 bridgehead atoms. The first-order valence-corrected chi connectivity index (χ1v) is 4.79. The topological polar surface area (TPSA) is 68.9 Å². The summed E-state index contributed by atoms with van der Waals surface area (Å²) in [6, 6.07) is 1.61. The van der Waals surface area contributed by atoms with Crippen LogP contribution >= 0.6 is 11.3 Å². The Morgan fingerprint density at radius 3 is 2.86 bits per heavy atom. The Morgan fingerprint density at radius 2 is 2.21 bits per heavy atom. The molecule has 2 aromatic heterocycles. The van der Waals surface area contributed by atoms with E-state index in [0.717, 1.165) is 0 Å². The molecule has 2 N–H and O–H groups in total. The second-order valence-corrected chi connectivity index (χ2v) is 3.54. The van der Waals surface area contributed by atoms with Gasteiger partial charge in [0.2, 0.25) is 5.78 Å². The number of carbonyl (C=O) groups excluding carboxylic acids is 1. The third-order valence-electron chi connectivity index (χ3n) is 1.76. The van der Waals surface area contributed by atoms with Crippen molar-refractivity contribution in [3.05, 3.63) is 40.6 Å². The van der Waals surface area contributed by atoms with Gasteiger partial charge in [-0.1, -0.05) is 0 Å². The van der Waals surface area contributed by atoms with Crippen LogP contribution in [0.1, 0.15) is 15.2 Å². The minimum atomic E-state index is -0.127. The number of nitrogens with zero attached hydrogens (tertiary/aromatic N) is 2. The summed E-state index contributed by atoms with van der Waals surface area (Å²) in [5.74, 6) is -0.127. The number of carbonyl (C=O) groups is 1. The van der Waals surface area contributed by atoms with Crippen LogP contribution in [0.5, 0.6) is 0 Å². The fourth-order valence-corrected chi connectivity index (χ4v) is 1.63. The molecule has 2 rings (SSSR count). The van der Waals surface area contributed by atoms with Crippen LogP contribution in [0.3, 0.4) is 0 Å². The highest BCUT2D eigenvalue weighted by atomic mass is 32.1. The molecule has 70 valence electrons. The molecule has 5 heteroatoms. The predicted molar refractivity (Wildman–Crippen MR) is 54.2 cm³/mol. The standard InChI is InChI=1S/C9H7N3OS/c10-7-1-2-11-3-6(7)9(13)8-4-12-5-14-8/h1-5H,(H2,10,11). The molecule has 0 aliphatic heterocycles. The lowest BCUT2D eigenvalue weighted by Crippen LogP contribution is -2.03. The molecule has 14 heavy (non-hydrogen) atoms. The molecule has 0 fully saturated rings. The average molecular weight is 205 g/mol. The molecule has 0 atom stereocenters. The van der Waals surface area contributed by atoms with Gasteiger partial charge in [0.1, 0.15) is 0 Å². The number of nitrogen functional groups attached to an aromatic ring is 1. The zero-order valence-electron chi connectivity index (χ0n) is 7.18. The van der Waals surface area contributed by atoms with Crippen molar-refractivity contribution in [1.82, 2.24) is 9.97 Å². The van der Waals surface area contributed by atoms with Crippen molar-refractivity contribution in [2.75, 3.05) is 5.73 Å². The summed E-state index contributed by atoms with van der Waals surface area (Å²) < 4.78 is 0. The van der Waals surface area contributed by atoms with Crippen molar-refractivity contribution in [3.63, 3.8) is 0 Å². The molecule has 0 radical (unpaired) electrons. The second kappa shape index (κ2) is 3.55. The minimum Gasteiger partial charge on any atom is -0.398 e. The summed E-state index contributed by atoms with van der Waals surface area (Å²) >= 11 is 1.29. The Balaban J connectivity index is 2.42. The molecule has 0 spiro atoms. The third-order valence-corrected chi connectivity index (χ3v) is 2.53. The van der Waals surface area contributed by atoms with Gasteiger partial charge in [0.05, 0.1) is 16.0 Å². The highest BCUT2D eigenvalue weighted by molar-refractivity contribution is 7.11. The predicted octanol–water partition coefficient (Wildman–Crippen LogP) is 1.35. The summed E-state index contributed by atoms with van der Waals surface area (Å²) in [5.41, 5.74) is 8.13. The first-order valence-electron chi connectivity index (χ1n) is 3.91. The number of hydrogen-bond acceptors (Lipinski definition) is 5. The number of thiazole rings is 1. The van der Waals surface area contributed by atoms with E-state index in [1.807, 2.05) is 0 Å². The molecule has 0 unspecified atom stereocenters. The lowest BCUT2D eigenvalue weighted by atomic mass is 10.1. The Bertz CT molecular complexity index is 453. The summed E-state index contributed by atoms with van der Waals surface area (Å²) in [7, 11) is 0. The molecule has 0 saturated heterocycles. The van der Waals surface area contributed by atoms with Crippen molar-refractivity contribution in [3.8, 4) is 0 Å². The van der Waals surface area contributed by atoms with Crippen LogP contribution in [-0.4, -0.2) is 15.8 Å². The molecule has 4 nitrogen and oxygen atoms in total. The number of anilines is 1. The highest BCUT2D eigenvalue weighted by Crippen LogP contribution is 2.17. The first-order chi connectivity index (χ1) is 6.79. The molecule has 2 aromatic rings. The number of ketones is 1. The fourth-order valence-electron chi connectivity index (χ4n) is 1.06. The minimum absolute atomic E-state index is 0.127. The maximum Gasteiger partial charge on any atom is 0.208 e. The van der Waals surface area contributed by atoms with Gasteiger partial charge in [0, 0.05) is 24.3 Å². The second-order valence-electron chi connectivity index (χ2n) is 2.66. The van der Waals surface area contributed by atoms with E-state index in [1.54, 1.807) is 17.8 Å². The Kier molecular flexibility index (Phi) is 2.24. The number of nitrogens with two attached hydrogens (primary N) is 1.